The fourth-order valence-electron chi connectivity index (χ4n) is 3.42. The van der Waals surface area contributed by atoms with E-state index in [1.54, 1.807) is 66.7 Å². The van der Waals surface area contributed by atoms with E-state index in [1.165, 1.54) is 18.3 Å². The largest absolute Gasteiger partial charge is 0.494 e. The molecule has 3 rings (SSSR count). The predicted octanol–water partition coefficient (Wildman–Crippen LogP) is 3.33. The first kappa shape index (κ1) is 29.2. The zero-order chi connectivity index (χ0) is 28.3. The molecule has 0 spiro atoms. The number of para-hydroxylation sites is 1. The van der Waals surface area contributed by atoms with E-state index in [9.17, 15) is 18.0 Å². The second kappa shape index (κ2) is 14.0. The van der Waals surface area contributed by atoms with Gasteiger partial charge in [0.05, 0.1) is 23.4 Å². The fourth-order valence-corrected chi connectivity index (χ4v) is 4.84. The monoisotopic (exact) mass is 552 g/mol. The highest BCUT2D eigenvalue weighted by Crippen LogP contribution is 2.25. The molecule has 0 heterocycles. The van der Waals surface area contributed by atoms with Gasteiger partial charge in [-0.3, -0.25) is 13.9 Å². The van der Waals surface area contributed by atoms with Crippen molar-refractivity contribution in [3.05, 3.63) is 84.4 Å². The van der Waals surface area contributed by atoms with Gasteiger partial charge < -0.3 is 14.8 Å². The Kier molecular flexibility index (Phi) is 10.4. The van der Waals surface area contributed by atoms with Gasteiger partial charge in [-0.05, 0) is 87.0 Å². The van der Waals surface area contributed by atoms with Gasteiger partial charge in [-0.2, -0.15) is 5.10 Å². The van der Waals surface area contributed by atoms with E-state index in [0.29, 0.717) is 29.4 Å². The highest BCUT2D eigenvalue weighted by Gasteiger charge is 2.27. The van der Waals surface area contributed by atoms with E-state index in [2.05, 4.69) is 15.8 Å². The first-order chi connectivity index (χ1) is 18.7. The normalized spacial score (nSPS) is 11.3. The molecule has 39 heavy (non-hydrogen) atoms. The van der Waals surface area contributed by atoms with Crippen molar-refractivity contribution in [2.75, 3.05) is 24.1 Å². The lowest BCUT2D eigenvalue weighted by Gasteiger charge is -2.23. The van der Waals surface area contributed by atoms with Crippen LogP contribution in [0.3, 0.4) is 0 Å². The highest BCUT2D eigenvalue weighted by atomic mass is 32.2. The van der Waals surface area contributed by atoms with Crippen LogP contribution < -0.4 is 24.5 Å². The van der Waals surface area contributed by atoms with Gasteiger partial charge in [0.1, 0.15) is 18.0 Å². The number of carbonyl (C=O) groups is 2. The lowest BCUT2D eigenvalue weighted by atomic mass is 10.2. The summed E-state index contributed by atoms with van der Waals surface area (Å²) < 4.78 is 38.7. The van der Waals surface area contributed by atoms with Crippen LogP contribution in [-0.4, -0.2) is 52.2 Å². The summed E-state index contributed by atoms with van der Waals surface area (Å²) in [5, 5.41) is 6.68. The Morgan fingerprint density at radius 1 is 0.897 bits per heavy atom. The molecular weight excluding hydrogens is 520 g/mol. The minimum absolute atomic E-state index is 0.0232. The van der Waals surface area contributed by atoms with Crippen LogP contribution in [-0.2, 0) is 19.6 Å². The first-order valence-electron chi connectivity index (χ1n) is 12.3. The van der Waals surface area contributed by atoms with Gasteiger partial charge in [0, 0.05) is 6.04 Å². The van der Waals surface area contributed by atoms with Gasteiger partial charge in [0.15, 0.2) is 6.61 Å². The molecule has 0 saturated heterocycles. The van der Waals surface area contributed by atoms with Crippen LogP contribution in [0.2, 0.25) is 0 Å². The number of hydrazone groups is 1. The summed E-state index contributed by atoms with van der Waals surface area (Å²) in [6, 6.07) is 21.2. The lowest BCUT2D eigenvalue weighted by molar-refractivity contribution is -0.123. The smallest absolute Gasteiger partial charge is 0.264 e. The van der Waals surface area contributed by atoms with Crippen molar-refractivity contribution in [1.82, 2.24) is 10.7 Å². The molecule has 3 aromatic rings. The Morgan fingerprint density at radius 3 is 2.13 bits per heavy atom. The Hall–Kier alpha value is -4.38. The van der Waals surface area contributed by atoms with E-state index in [4.69, 9.17) is 9.47 Å². The minimum Gasteiger partial charge on any atom is -0.494 e. The van der Waals surface area contributed by atoms with Crippen LogP contribution in [0.5, 0.6) is 11.5 Å². The fraction of sp³-hybridized carbons (Fsp3) is 0.250. The molecule has 2 N–H and O–H groups in total. The van der Waals surface area contributed by atoms with E-state index in [-0.39, 0.29) is 23.5 Å². The number of sulfonamides is 1. The summed E-state index contributed by atoms with van der Waals surface area (Å²) >= 11 is 0. The van der Waals surface area contributed by atoms with Gasteiger partial charge in [-0.1, -0.05) is 18.2 Å². The molecule has 0 saturated carbocycles. The van der Waals surface area contributed by atoms with E-state index >= 15 is 0 Å². The van der Waals surface area contributed by atoms with Gasteiger partial charge >= 0.3 is 0 Å². The van der Waals surface area contributed by atoms with Crippen molar-refractivity contribution in [2.45, 2.75) is 31.7 Å². The zero-order valence-corrected chi connectivity index (χ0v) is 22.9. The maximum Gasteiger partial charge on any atom is 0.264 e. The molecule has 0 aromatic heterocycles. The molecule has 0 aliphatic carbocycles. The number of amides is 2. The number of nitrogens with zero attached hydrogens (tertiary/aromatic N) is 2. The number of hydrogen-bond donors (Lipinski definition) is 2. The maximum atomic E-state index is 13.4. The standard InChI is InChI=1S/C28H32N4O6S/c1-4-37-24-14-16-26(17-15-24)39(35,36)32(23-8-6-5-7-9-23)19-27(33)31-29-18-22-10-12-25(13-11-22)38-20-28(34)30-21(2)3/h5-18,21H,4,19-20H2,1-3H3,(H,30,34)(H,31,33)/b29-18-. The molecular formula is C28H32N4O6S. The van der Waals surface area contributed by atoms with Crippen molar-refractivity contribution < 1.29 is 27.5 Å². The summed E-state index contributed by atoms with van der Waals surface area (Å²) in [6.45, 7) is 5.44. The number of nitrogens with one attached hydrogen (secondary N) is 2. The Morgan fingerprint density at radius 2 is 1.51 bits per heavy atom. The van der Waals surface area contributed by atoms with Crippen LogP contribution in [0.15, 0.2) is 88.9 Å². The summed E-state index contributed by atoms with van der Waals surface area (Å²) in [5.74, 6) is 0.215. The Bertz CT molecular complexity index is 1360. The Labute approximate surface area is 228 Å². The molecule has 0 fully saturated rings. The number of anilines is 1. The predicted molar refractivity (Wildman–Crippen MR) is 150 cm³/mol. The Balaban J connectivity index is 1.64. The molecule has 0 radical (unpaired) electrons. The number of benzene rings is 3. The molecule has 3 aromatic carbocycles. The quantitative estimate of drug-likeness (QED) is 0.247. The van der Waals surface area contributed by atoms with Crippen molar-refractivity contribution in [3.8, 4) is 11.5 Å². The number of ether oxygens (including phenoxy) is 2. The first-order valence-corrected chi connectivity index (χ1v) is 13.8. The van der Waals surface area contributed by atoms with Gasteiger partial charge in [0.2, 0.25) is 0 Å². The molecule has 0 aliphatic heterocycles. The topological polar surface area (TPSA) is 126 Å². The maximum absolute atomic E-state index is 13.4. The molecule has 10 nitrogen and oxygen atoms in total. The van der Waals surface area contributed by atoms with Crippen LogP contribution in [0.4, 0.5) is 5.69 Å². The van der Waals surface area contributed by atoms with Crippen LogP contribution in [0, 0.1) is 0 Å². The summed E-state index contributed by atoms with van der Waals surface area (Å²) in [6.07, 6.45) is 1.42. The van der Waals surface area contributed by atoms with Gasteiger partial charge in [-0.15, -0.1) is 0 Å². The third-order valence-electron chi connectivity index (χ3n) is 5.16. The van der Waals surface area contributed by atoms with Gasteiger partial charge in [0.25, 0.3) is 21.8 Å². The lowest BCUT2D eigenvalue weighted by Crippen LogP contribution is -2.39. The van der Waals surface area contributed by atoms with Crippen molar-refractivity contribution in [1.29, 1.82) is 0 Å². The van der Waals surface area contributed by atoms with Gasteiger partial charge in [-0.25, -0.2) is 13.8 Å². The van der Waals surface area contributed by atoms with Crippen LogP contribution in [0.25, 0.3) is 0 Å². The number of carbonyl (C=O) groups excluding carboxylic acids is 2. The van der Waals surface area contributed by atoms with Crippen molar-refractivity contribution in [2.24, 2.45) is 5.10 Å². The average molecular weight is 553 g/mol. The van der Waals surface area contributed by atoms with Crippen molar-refractivity contribution >= 4 is 33.7 Å². The minimum atomic E-state index is -4.06. The summed E-state index contributed by atoms with van der Waals surface area (Å²) in [5.41, 5.74) is 3.37. The van der Waals surface area contributed by atoms with Crippen molar-refractivity contribution in [3.63, 3.8) is 0 Å². The van der Waals surface area contributed by atoms with E-state index in [1.807, 2.05) is 20.8 Å². The average Bonchev–Trinajstić information content (AvgIpc) is 2.92. The molecule has 206 valence electrons. The summed E-state index contributed by atoms with van der Waals surface area (Å²) in [7, 11) is -4.06. The number of hydrogen-bond acceptors (Lipinski definition) is 7. The van der Waals surface area contributed by atoms with Crippen LogP contribution in [0.1, 0.15) is 26.3 Å². The SMILES string of the molecule is CCOc1ccc(S(=O)(=O)N(CC(=O)N/N=C\c2ccc(OCC(=O)NC(C)C)cc2)c2ccccc2)cc1. The van der Waals surface area contributed by atoms with Crippen LogP contribution >= 0.6 is 0 Å². The third-order valence-corrected chi connectivity index (χ3v) is 6.94. The molecule has 0 aliphatic rings. The molecule has 2 amide bonds. The second-order valence-electron chi connectivity index (χ2n) is 8.62. The van der Waals surface area contributed by atoms with E-state index < -0.39 is 22.5 Å². The molecule has 0 bridgehead atoms. The van der Waals surface area contributed by atoms with E-state index in [0.717, 1.165) is 4.31 Å². The third kappa shape index (κ3) is 8.85. The second-order valence-corrected chi connectivity index (χ2v) is 10.5. The zero-order valence-electron chi connectivity index (χ0n) is 22.0. The summed E-state index contributed by atoms with van der Waals surface area (Å²) in [4.78, 5) is 24.4. The molecule has 0 unspecified atom stereocenters. The highest BCUT2D eigenvalue weighted by molar-refractivity contribution is 7.92. The molecule has 0 atom stereocenters. The molecule has 11 heteroatoms. The number of rotatable bonds is 13.